The average Bonchev–Trinajstić information content (AvgIpc) is 3.95. The zero-order chi connectivity index (χ0) is 46.3. The fourth-order valence-corrected chi connectivity index (χ4v) is 9.31. The van der Waals surface area contributed by atoms with E-state index in [1.807, 2.05) is 54.6 Å². The van der Waals surface area contributed by atoms with Gasteiger partial charge in [0, 0.05) is 56.5 Å². The van der Waals surface area contributed by atoms with Crippen molar-refractivity contribution in [3.05, 3.63) is 71.9 Å². The van der Waals surface area contributed by atoms with Crippen LogP contribution in [0.2, 0.25) is 0 Å². The third kappa shape index (κ3) is 13.8. The lowest BCUT2D eigenvalue weighted by Gasteiger charge is -2.32. The maximum absolute atomic E-state index is 14.6. The van der Waals surface area contributed by atoms with Crippen molar-refractivity contribution in [1.29, 1.82) is 5.41 Å². The van der Waals surface area contributed by atoms with Crippen molar-refractivity contribution in [3.63, 3.8) is 0 Å². The Kier molecular flexibility index (Phi) is 17.3. The molecule has 7 amide bonds. The second kappa shape index (κ2) is 23.5. The molecule has 0 bridgehead atoms. The normalized spacial score (nSPS) is 23.4. The first-order valence-electron chi connectivity index (χ1n) is 23.1. The van der Waals surface area contributed by atoms with Crippen LogP contribution in [0, 0.1) is 11.3 Å². The molecule has 0 radical (unpaired) electrons. The van der Waals surface area contributed by atoms with Crippen LogP contribution in [0.3, 0.4) is 0 Å². The number of aromatic nitrogens is 1. The average molecular weight is 896 g/mol. The number of benzene rings is 2. The number of hydrogen-bond acceptors (Lipinski definition) is 8. The van der Waals surface area contributed by atoms with Crippen LogP contribution in [0.25, 0.3) is 10.9 Å². The number of nitrogens with one attached hydrogen (secondary N) is 9. The van der Waals surface area contributed by atoms with Gasteiger partial charge in [0.25, 0.3) is 0 Å². The molecule has 6 rings (SSSR count). The van der Waals surface area contributed by atoms with Crippen LogP contribution in [0.1, 0.15) is 95.1 Å². The van der Waals surface area contributed by atoms with Crippen LogP contribution < -0.4 is 43.0 Å². The highest BCUT2D eigenvalue weighted by atomic mass is 16.2. The summed E-state index contributed by atoms with van der Waals surface area (Å²) in [5.41, 5.74) is 7.92. The number of carbonyl (C=O) groups excluding carboxylic acids is 7. The van der Waals surface area contributed by atoms with E-state index >= 15 is 0 Å². The molecule has 3 aromatic rings. The Labute approximate surface area is 379 Å². The molecule has 3 fully saturated rings. The Hall–Kier alpha value is -6.46. The molecule has 65 heavy (non-hydrogen) atoms. The number of amides is 7. The Morgan fingerprint density at radius 3 is 2.28 bits per heavy atom. The van der Waals surface area contributed by atoms with Crippen molar-refractivity contribution >= 4 is 58.2 Å². The second-order valence-electron chi connectivity index (χ2n) is 17.6. The molecule has 6 atom stereocenters. The number of nitrogens with two attached hydrogens (primary N) is 1. The molecule has 3 aliphatic rings. The summed E-state index contributed by atoms with van der Waals surface area (Å²) in [7, 11) is 0. The van der Waals surface area contributed by atoms with Gasteiger partial charge < -0.3 is 52.8 Å². The zero-order valence-corrected chi connectivity index (χ0v) is 37.2. The van der Waals surface area contributed by atoms with Crippen LogP contribution >= 0.6 is 0 Å². The van der Waals surface area contributed by atoms with Gasteiger partial charge in [0.15, 0.2) is 5.96 Å². The van der Waals surface area contributed by atoms with Gasteiger partial charge in [-0.2, -0.15) is 0 Å². The van der Waals surface area contributed by atoms with Crippen molar-refractivity contribution in [2.75, 3.05) is 19.6 Å². The van der Waals surface area contributed by atoms with Gasteiger partial charge in [0.1, 0.15) is 36.3 Å². The van der Waals surface area contributed by atoms with E-state index in [9.17, 15) is 33.6 Å². The summed E-state index contributed by atoms with van der Waals surface area (Å²) in [5.74, 6) is -3.73. The molecule has 350 valence electrons. The number of nitrogens with zero attached hydrogens (tertiary/aromatic N) is 1. The van der Waals surface area contributed by atoms with E-state index in [2.05, 4.69) is 42.2 Å². The first-order valence-corrected chi connectivity index (χ1v) is 23.1. The molecular formula is C47H65N11O7. The topological polar surface area (TPSA) is 273 Å². The monoisotopic (exact) mass is 896 g/mol. The third-order valence-corrected chi connectivity index (χ3v) is 12.7. The molecule has 1 aliphatic carbocycles. The Balaban J connectivity index is 1.31. The fourth-order valence-electron chi connectivity index (χ4n) is 9.31. The lowest BCUT2D eigenvalue weighted by Crippen LogP contribution is -2.60. The Bertz CT molecular complexity index is 2160. The van der Waals surface area contributed by atoms with Crippen molar-refractivity contribution in [2.24, 2.45) is 11.7 Å². The first-order chi connectivity index (χ1) is 31.4. The standard InChI is InChI=1S/C47H65N11O7/c1-29(59)53-37(25-30-13-4-2-5-14-30)42(61)55-36-20-11-22-50-41(60)35(19-10-23-51-47(48)49)54-44(63)39(27-32-28-52-34-18-9-8-17-33(32)34)56-43(62)38(26-31-15-6-3-7-16-31)57-45(64)40-21-12-24-58(40)46(36)65/h2,4-5,8-9,13-14,17-18,28,31,35-40,52H,3,6-7,10-12,15-16,19-27H2,1H3,(H,50,60)(H,53,59)(H,54,63)(H,55,61)(H,56,62)(H,57,64)(H4,48,49,51)/t35-,36?,37-,38+,39-,40-/m0/s1. The van der Waals surface area contributed by atoms with Crippen molar-refractivity contribution in [1.82, 2.24) is 47.1 Å². The highest BCUT2D eigenvalue weighted by Gasteiger charge is 2.40. The summed E-state index contributed by atoms with van der Waals surface area (Å²) in [6.45, 7) is 1.88. The van der Waals surface area contributed by atoms with E-state index in [4.69, 9.17) is 11.1 Å². The highest BCUT2D eigenvalue weighted by Crippen LogP contribution is 2.28. The molecule has 2 aromatic carbocycles. The number of hydrogen-bond donors (Lipinski definition) is 10. The number of H-pyrrole nitrogens is 1. The summed E-state index contributed by atoms with van der Waals surface area (Å²) in [4.78, 5) is 103. The van der Waals surface area contributed by atoms with Gasteiger partial charge in [-0.25, -0.2) is 0 Å². The predicted octanol–water partition coefficient (Wildman–Crippen LogP) is 1.53. The smallest absolute Gasteiger partial charge is 0.245 e. The largest absolute Gasteiger partial charge is 0.370 e. The van der Waals surface area contributed by atoms with E-state index in [1.54, 1.807) is 6.20 Å². The van der Waals surface area contributed by atoms with Gasteiger partial charge in [-0.1, -0.05) is 80.6 Å². The lowest BCUT2D eigenvalue weighted by molar-refractivity contribution is -0.142. The van der Waals surface area contributed by atoms with Gasteiger partial charge in [-0.3, -0.25) is 39.0 Å². The molecule has 1 saturated carbocycles. The highest BCUT2D eigenvalue weighted by molar-refractivity contribution is 5.98. The SMILES string of the molecule is CC(=O)N[C@@H](Cc1ccccc1)C(=O)NC1CCCNC(=O)[C@H](CCCNC(=N)N)NC(=O)[C@H](Cc2c[nH]c3ccccc23)NC(=O)[C@@H](CC2CCCCC2)NC(=O)[C@@H]2CCCN2C1=O. The van der Waals surface area contributed by atoms with E-state index < -0.39 is 77.6 Å². The van der Waals surface area contributed by atoms with Crippen molar-refractivity contribution in [2.45, 2.75) is 133 Å². The summed E-state index contributed by atoms with van der Waals surface area (Å²) in [5, 5.41) is 28.5. The molecule has 18 heteroatoms. The molecule has 0 spiro atoms. The Morgan fingerprint density at radius 1 is 0.815 bits per heavy atom. The maximum atomic E-state index is 14.6. The summed E-state index contributed by atoms with van der Waals surface area (Å²) in [6.07, 6.45) is 8.88. The Morgan fingerprint density at radius 2 is 1.52 bits per heavy atom. The maximum Gasteiger partial charge on any atom is 0.245 e. The minimum Gasteiger partial charge on any atom is -0.370 e. The third-order valence-electron chi connectivity index (χ3n) is 12.7. The summed E-state index contributed by atoms with van der Waals surface area (Å²) in [6, 6.07) is 10.5. The molecule has 11 N–H and O–H groups in total. The van der Waals surface area contributed by atoms with E-state index in [0.717, 1.165) is 54.1 Å². The van der Waals surface area contributed by atoms with Crippen LogP contribution in [0.4, 0.5) is 0 Å². The van der Waals surface area contributed by atoms with Gasteiger partial charge in [0.05, 0.1) is 0 Å². The van der Waals surface area contributed by atoms with Gasteiger partial charge in [0.2, 0.25) is 41.4 Å². The lowest BCUT2D eigenvalue weighted by atomic mass is 9.84. The van der Waals surface area contributed by atoms with E-state index in [1.165, 1.54) is 11.8 Å². The first kappa shape index (κ1) is 48.0. The number of rotatable bonds is 13. The quantitative estimate of drug-likeness (QED) is 0.0676. The molecule has 1 unspecified atom stereocenters. The number of fused-ring (bicyclic) bond motifs is 2. The molecule has 1 aromatic heterocycles. The molecular weight excluding hydrogens is 831 g/mol. The van der Waals surface area contributed by atoms with Crippen molar-refractivity contribution < 1.29 is 33.6 Å². The number of carbonyl (C=O) groups is 7. The second-order valence-corrected chi connectivity index (χ2v) is 17.6. The zero-order valence-electron chi connectivity index (χ0n) is 37.2. The van der Waals surface area contributed by atoms with Crippen LogP contribution in [0.15, 0.2) is 60.8 Å². The van der Waals surface area contributed by atoms with E-state index in [-0.39, 0.29) is 63.6 Å². The summed E-state index contributed by atoms with van der Waals surface area (Å²) >= 11 is 0. The van der Waals surface area contributed by atoms with E-state index in [0.29, 0.717) is 25.7 Å². The minimum atomic E-state index is -1.14. The van der Waals surface area contributed by atoms with Gasteiger partial charge in [-0.15, -0.1) is 0 Å². The number of guanidine groups is 1. The summed E-state index contributed by atoms with van der Waals surface area (Å²) < 4.78 is 0. The molecule has 2 saturated heterocycles. The molecule has 18 nitrogen and oxygen atoms in total. The number of para-hydroxylation sites is 1. The van der Waals surface area contributed by atoms with Crippen LogP contribution in [-0.2, 0) is 46.4 Å². The minimum absolute atomic E-state index is 0.0674. The van der Waals surface area contributed by atoms with Crippen molar-refractivity contribution in [3.8, 4) is 0 Å². The van der Waals surface area contributed by atoms with Gasteiger partial charge >= 0.3 is 0 Å². The van der Waals surface area contributed by atoms with Crippen LogP contribution in [0.5, 0.6) is 0 Å². The number of aromatic amines is 1. The molecule has 3 heterocycles. The van der Waals surface area contributed by atoms with Crippen LogP contribution in [-0.4, -0.2) is 113 Å². The molecule has 2 aliphatic heterocycles. The predicted molar refractivity (Wildman–Crippen MR) is 245 cm³/mol. The fraction of sp³-hybridized carbons (Fsp3) is 0.532. The van der Waals surface area contributed by atoms with Gasteiger partial charge in [-0.05, 0) is 68.1 Å².